The fourth-order valence-corrected chi connectivity index (χ4v) is 7.16. The number of hydrogen-bond donors (Lipinski definition) is 4. The number of rotatable bonds is 8. The number of phenolic OH excluding ortho intramolecular Hbond substituents is 2. The van der Waals surface area contributed by atoms with E-state index in [0.717, 1.165) is 79.1 Å². The van der Waals surface area contributed by atoms with Crippen LogP contribution >= 0.6 is 0 Å². The van der Waals surface area contributed by atoms with E-state index in [1.165, 1.54) is 0 Å². The minimum atomic E-state index is -0.235. The summed E-state index contributed by atoms with van der Waals surface area (Å²) in [5.74, 6) is 2.01. The van der Waals surface area contributed by atoms with Gasteiger partial charge >= 0.3 is 0 Å². The van der Waals surface area contributed by atoms with Gasteiger partial charge in [-0.15, -0.1) is 0 Å². The van der Waals surface area contributed by atoms with Crippen LogP contribution in [0, 0.1) is 0 Å². The maximum absolute atomic E-state index is 11.3. The summed E-state index contributed by atoms with van der Waals surface area (Å²) in [5.41, 5.74) is 11.0. The van der Waals surface area contributed by atoms with Gasteiger partial charge in [0.1, 0.15) is 23.0 Å². The van der Waals surface area contributed by atoms with Crippen molar-refractivity contribution in [1.82, 2.24) is 0 Å². The normalized spacial score (nSPS) is 16.3. The maximum Gasteiger partial charge on any atom is 0.120 e. The van der Waals surface area contributed by atoms with Gasteiger partial charge in [-0.2, -0.15) is 0 Å². The molecule has 6 aromatic carbocycles. The molecule has 0 radical (unpaired) electrons. The molecule has 0 aliphatic carbocycles. The van der Waals surface area contributed by atoms with Crippen LogP contribution in [0.15, 0.2) is 143 Å². The number of nitrogens with one attached hydrogen (secondary N) is 2. The molecule has 53 heavy (non-hydrogen) atoms. The largest absolute Gasteiger partial charge is 0.508 e. The third kappa shape index (κ3) is 7.17. The number of benzene rings is 6. The summed E-state index contributed by atoms with van der Waals surface area (Å²) in [6.45, 7) is 0. The molecule has 0 bridgehead atoms. The molecule has 2 aliphatic rings. The molecule has 2 unspecified atom stereocenters. The van der Waals surface area contributed by atoms with Crippen LogP contribution in [0.2, 0.25) is 0 Å². The molecule has 2 atom stereocenters. The zero-order valence-electron chi connectivity index (χ0n) is 29.6. The number of phenols is 2. The highest BCUT2D eigenvalue weighted by atomic mass is 16.5. The number of ether oxygens (including phenoxy) is 2. The number of aliphatic imine (C=N–C) groups is 2. The van der Waals surface area contributed by atoms with Crippen LogP contribution in [-0.2, 0) is 6.42 Å². The van der Waals surface area contributed by atoms with E-state index in [1.807, 2.05) is 109 Å². The van der Waals surface area contributed by atoms with Gasteiger partial charge in [-0.05, 0) is 126 Å². The Morgan fingerprint density at radius 1 is 0.547 bits per heavy atom. The molecule has 8 heteroatoms. The van der Waals surface area contributed by atoms with Crippen LogP contribution < -0.4 is 20.1 Å². The molecular formula is C45H40N4O4. The van der Waals surface area contributed by atoms with Crippen molar-refractivity contribution in [2.24, 2.45) is 9.98 Å². The van der Waals surface area contributed by atoms with Crippen molar-refractivity contribution in [2.45, 2.75) is 31.3 Å². The summed E-state index contributed by atoms with van der Waals surface area (Å²) in [5, 5.41) is 29.9. The molecule has 0 fully saturated rings. The first-order chi connectivity index (χ1) is 25.9. The van der Waals surface area contributed by atoms with E-state index < -0.39 is 0 Å². The third-order valence-corrected chi connectivity index (χ3v) is 9.96. The molecule has 0 saturated heterocycles. The van der Waals surface area contributed by atoms with Crippen molar-refractivity contribution in [3.8, 4) is 23.0 Å². The van der Waals surface area contributed by atoms with Crippen molar-refractivity contribution >= 4 is 34.2 Å². The van der Waals surface area contributed by atoms with E-state index in [-0.39, 0.29) is 23.6 Å². The summed E-state index contributed by atoms with van der Waals surface area (Å²) in [6, 6.07) is 43.0. The minimum absolute atomic E-state index is 0.220. The van der Waals surface area contributed by atoms with Gasteiger partial charge in [-0.25, -0.2) is 0 Å². The highest BCUT2D eigenvalue weighted by Crippen LogP contribution is 2.41. The van der Waals surface area contributed by atoms with Gasteiger partial charge in [0.15, 0.2) is 0 Å². The van der Waals surface area contributed by atoms with Gasteiger partial charge in [-0.1, -0.05) is 36.4 Å². The van der Waals surface area contributed by atoms with Crippen molar-refractivity contribution in [2.75, 3.05) is 24.9 Å². The lowest BCUT2D eigenvalue weighted by Gasteiger charge is -2.22. The molecule has 8 nitrogen and oxygen atoms in total. The molecule has 0 saturated carbocycles. The molecular weight excluding hydrogens is 661 g/mol. The molecule has 0 aromatic heterocycles. The number of nitrogens with zero attached hydrogens (tertiary/aromatic N) is 2. The van der Waals surface area contributed by atoms with E-state index in [4.69, 9.17) is 19.5 Å². The lowest BCUT2D eigenvalue weighted by molar-refractivity contribution is 0.414. The average Bonchev–Trinajstić information content (AvgIpc) is 3.52. The number of methoxy groups -OCH3 is 2. The Hall–Kier alpha value is -6.54. The molecule has 8 rings (SSSR count). The van der Waals surface area contributed by atoms with Crippen LogP contribution in [0.4, 0.5) is 22.7 Å². The van der Waals surface area contributed by atoms with Crippen LogP contribution in [0.1, 0.15) is 58.3 Å². The second-order valence-electron chi connectivity index (χ2n) is 13.4. The second-order valence-corrected chi connectivity index (χ2v) is 13.4. The summed E-state index contributed by atoms with van der Waals surface area (Å²) >= 11 is 0. The van der Waals surface area contributed by atoms with Crippen LogP contribution in [0.5, 0.6) is 23.0 Å². The number of aromatic hydroxyl groups is 2. The molecule has 2 heterocycles. The standard InChI is InChI=1S/C45H40N4O4/c1-52-32-17-13-30(14-18-32)40-26-42(48-38-9-5-3-7-36(38)46-40)34-24-28(11-21-44(34)50)23-29-12-22-45(51)35(25-29)43-27-41(31-15-19-33(53-2)20-16-31)47-37-8-4-6-10-39(37)49-43/h3-22,24-25,42-43,48-51H,23,26-27H2,1-2H3. The molecule has 6 aromatic rings. The first-order valence-electron chi connectivity index (χ1n) is 17.7. The van der Waals surface area contributed by atoms with E-state index in [9.17, 15) is 10.2 Å². The van der Waals surface area contributed by atoms with Crippen molar-refractivity contribution in [1.29, 1.82) is 0 Å². The number of hydrogen-bond acceptors (Lipinski definition) is 8. The monoisotopic (exact) mass is 700 g/mol. The lowest BCUT2D eigenvalue weighted by Crippen LogP contribution is -2.15. The van der Waals surface area contributed by atoms with Gasteiger partial charge < -0.3 is 30.3 Å². The Balaban J connectivity index is 1.09. The van der Waals surface area contributed by atoms with Gasteiger partial charge in [0, 0.05) is 24.0 Å². The Bertz CT molecular complexity index is 2170. The number of fused-ring (bicyclic) bond motifs is 2. The van der Waals surface area contributed by atoms with Crippen molar-refractivity contribution < 1.29 is 19.7 Å². The Morgan fingerprint density at radius 2 is 0.962 bits per heavy atom. The first kappa shape index (κ1) is 33.6. The summed E-state index contributed by atoms with van der Waals surface area (Å²) in [4.78, 5) is 10.1. The fourth-order valence-electron chi connectivity index (χ4n) is 7.16. The van der Waals surface area contributed by atoms with E-state index in [0.29, 0.717) is 19.3 Å². The molecule has 4 N–H and O–H groups in total. The smallest absolute Gasteiger partial charge is 0.120 e. The summed E-state index contributed by atoms with van der Waals surface area (Å²) < 4.78 is 10.8. The highest BCUT2D eigenvalue weighted by molar-refractivity contribution is 6.05. The van der Waals surface area contributed by atoms with E-state index >= 15 is 0 Å². The molecule has 2 aliphatic heterocycles. The average molecular weight is 701 g/mol. The van der Waals surface area contributed by atoms with Crippen molar-refractivity contribution in [3.05, 3.63) is 167 Å². The fraction of sp³-hybridized carbons (Fsp3) is 0.156. The van der Waals surface area contributed by atoms with E-state index in [2.05, 4.69) is 22.8 Å². The highest BCUT2D eigenvalue weighted by Gasteiger charge is 2.26. The predicted molar refractivity (Wildman–Crippen MR) is 212 cm³/mol. The minimum Gasteiger partial charge on any atom is -0.508 e. The Labute approximate surface area is 309 Å². The zero-order chi connectivity index (χ0) is 36.3. The molecule has 0 spiro atoms. The van der Waals surface area contributed by atoms with Gasteiger partial charge in [0.2, 0.25) is 0 Å². The second kappa shape index (κ2) is 14.6. The third-order valence-electron chi connectivity index (χ3n) is 9.96. The first-order valence-corrected chi connectivity index (χ1v) is 17.7. The molecule has 0 amide bonds. The maximum atomic E-state index is 11.3. The van der Waals surface area contributed by atoms with Gasteiger partial charge in [0.25, 0.3) is 0 Å². The van der Waals surface area contributed by atoms with Crippen LogP contribution in [0.3, 0.4) is 0 Å². The molecule has 264 valence electrons. The Kier molecular flexibility index (Phi) is 9.25. The van der Waals surface area contributed by atoms with Crippen molar-refractivity contribution in [3.63, 3.8) is 0 Å². The van der Waals surface area contributed by atoms with Crippen LogP contribution in [0.25, 0.3) is 0 Å². The number of para-hydroxylation sites is 4. The number of anilines is 2. The summed E-state index contributed by atoms with van der Waals surface area (Å²) in [7, 11) is 3.32. The van der Waals surface area contributed by atoms with Crippen LogP contribution in [-0.4, -0.2) is 35.9 Å². The Morgan fingerprint density at radius 3 is 1.38 bits per heavy atom. The summed E-state index contributed by atoms with van der Waals surface area (Å²) in [6.07, 6.45) is 1.73. The topological polar surface area (TPSA) is 108 Å². The van der Waals surface area contributed by atoms with Gasteiger partial charge in [0.05, 0.1) is 60.5 Å². The van der Waals surface area contributed by atoms with E-state index in [1.54, 1.807) is 26.4 Å². The predicted octanol–water partition coefficient (Wildman–Crippen LogP) is 10.1. The zero-order valence-corrected chi connectivity index (χ0v) is 29.6. The quantitative estimate of drug-likeness (QED) is 0.126. The SMILES string of the molecule is COc1ccc(C2=Nc3ccccc3NC(c3cc(Cc4ccc(O)c(C5CC(c6ccc(OC)cc6)=Nc6ccccc6N5)c4)ccc3O)C2)cc1. The van der Waals surface area contributed by atoms with Gasteiger partial charge in [-0.3, -0.25) is 9.98 Å². The lowest BCUT2D eigenvalue weighted by atomic mass is 9.92.